The van der Waals surface area contributed by atoms with Crippen molar-refractivity contribution in [2.75, 3.05) is 12.1 Å². The first-order valence-corrected chi connectivity index (χ1v) is 7.26. The third-order valence-corrected chi connectivity index (χ3v) is 3.59. The Hall–Kier alpha value is -3.42. The van der Waals surface area contributed by atoms with E-state index in [0.717, 1.165) is 5.82 Å². The highest BCUT2D eigenvalue weighted by molar-refractivity contribution is 6.02. The van der Waals surface area contributed by atoms with E-state index < -0.39 is 0 Å². The molecule has 0 bridgehead atoms. The van der Waals surface area contributed by atoms with Crippen LogP contribution < -0.4 is 14.8 Å². The monoisotopic (exact) mass is 323 g/mol. The molecule has 1 N–H and O–H groups in total. The number of nitrogens with zero attached hydrogens (tertiary/aromatic N) is 4. The predicted octanol–water partition coefficient (Wildman–Crippen LogP) is 1.95. The van der Waals surface area contributed by atoms with Gasteiger partial charge >= 0.3 is 0 Å². The van der Waals surface area contributed by atoms with Gasteiger partial charge in [0.05, 0.1) is 0 Å². The molecule has 0 radical (unpaired) electrons. The number of amides is 1. The number of hydrogen-bond donors (Lipinski definition) is 1. The van der Waals surface area contributed by atoms with E-state index in [1.54, 1.807) is 47.3 Å². The van der Waals surface area contributed by atoms with Crippen LogP contribution in [-0.2, 0) is 0 Å². The molecule has 1 aliphatic rings. The molecule has 1 amide bonds. The molecule has 0 spiro atoms. The van der Waals surface area contributed by atoms with Crippen LogP contribution in [0.5, 0.6) is 11.5 Å². The summed E-state index contributed by atoms with van der Waals surface area (Å²) in [6, 6.07) is 8.52. The summed E-state index contributed by atoms with van der Waals surface area (Å²) in [6.45, 7) is 2.05. The average molecular weight is 323 g/mol. The number of carbonyl (C=O) groups is 1. The number of anilines is 1. The lowest BCUT2D eigenvalue weighted by molar-refractivity contribution is 0.102. The first kappa shape index (κ1) is 14.2. The second kappa shape index (κ2) is 5.65. The maximum atomic E-state index is 12.3. The molecule has 3 aromatic rings. The van der Waals surface area contributed by atoms with Gasteiger partial charge in [-0.1, -0.05) is 0 Å². The molecule has 2 aromatic heterocycles. The highest BCUT2D eigenvalue weighted by Crippen LogP contribution is 2.34. The van der Waals surface area contributed by atoms with E-state index in [1.807, 2.05) is 6.92 Å². The van der Waals surface area contributed by atoms with E-state index in [1.165, 1.54) is 0 Å². The lowest BCUT2D eigenvalue weighted by atomic mass is 10.2. The molecule has 0 saturated heterocycles. The molecule has 24 heavy (non-hydrogen) atoms. The van der Waals surface area contributed by atoms with Crippen molar-refractivity contribution < 1.29 is 14.3 Å². The number of rotatable bonds is 3. The summed E-state index contributed by atoms with van der Waals surface area (Å²) < 4.78 is 12.3. The van der Waals surface area contributed by atoms with Crippen molar-refractivity contribution in [2.24, 2.45) is 0 Å². The zero-order valence-electron chi connectivity index (χ0n) is 12.8. The summed E-state index contributed by atoms with van der Waals surface area (Å²) in [5.74, 6) is 2.31. The number of hydrogen-bond acceptors (Lipinski definition) is 6. The predicted molar refractivity (Wildman–Crippen MR) is 84.4 cm³/mol. The Kier molecular flexibility index (Phi) is 3.34. The minimum Gasteiger partial charge on any atom is -0.454 e. The van der Waals surface area contributed by atoms with Crippen LogP contribution in [0.3, 0.4) is 0 Å². The molecule has 0 fully saturated rings. The molecule has 0 saturated carbocycles. The number of nitrogens with one attached hydrogen (secondary N) is 1. The number of ether oxygens (including phenoxy) is 2. The molecule has 1 aliphatic heterocycles. The molecule has 0 aliphatic carbocycles. The number of aromatic nitrogens is 4. The van der Waals surface area contributed by atoms with Gasteiger partial charge in [0.1, 0.15) is 5.82 Å². The minimum atomic E-state index is -0.352. The van der Waals surface area contributed by atoms with Crippen molar-refractivity contribution in [3.05, 3.63) is 54.2 Å². The van der Waals surface area contributed by atoms with Gasteiger partial charge in [0.2, 0.25) is 6.79 Å². The number of fused-ring (bicyclic) bond motifs is 1. The molecular formula is C16H13N5O3. The standard InChI is InChI=1S/C16H13N5O3/c1-10-17-6-7-21(10)15-5-3-12(19-20-15)16(22)18-11-2-4-13-14(8-11)24-9-23-13/h2-8H,9H2,1H3,(H,18,22). The second-order valence-corrected chi connectivity index (χ2v) is 5.14. The van der Waals surface area contributed by atoms with Crippen LogP contribution in [-0.4, -0.2) is 32.4 Å². The summed E-state index contributed by atoms with van der Waals surface area (Å²) in [6.07, 6.45) is 3.46. The second-order valence-electron chi connectivity index (χ2n) is 5.14. The third-order valence-electron chi connectivity index (χ3n) is 3.59. The largest absolute Gasteiger partial charge is 0.454 e. The van der Waals surface area contributed by atoms with Crippen LogP contribution in [0.15, 0.2) is 42.7 Å². The van der Waals surface area contributed by atoms with E-state index >= 15 is 0 Å². The van der Waals surface area contributed by atoms with Crippen molar-refractivity contribution in [3.8, 4) is 17.3 Å². The zero-order valence-corrected chi connectivity index (χ0v) is 12.8. The Morgan fingerprint density at radius 3 is 2.79 bits per heavy atom. The van der Waals surface area contributed by atoms with E-state index in [9.17, 15) is 4.79 Å². The SMILES string of the molecule is Cc1nccn1-c1ccc(C(=O)Nc2ccc3c(c2)OCO3)nn1. The van der Waals surface area contributed by atoms with E-state index in [-0.39, 0.29) is 18.4 Å². The molecule has 1 aromatic carbocycles. The molecule has 0 unspecified atom stereocenters. The summed E-state index contributed by atoms with van der Waals surface area (Å²) in [5.41, 5.74) is 0.815. The van der Waals surface area contributed by atoms with Crippen LogP contribution in [0, 0.1) is 6.92 Å². The van der Waals surface area contributed by atoms with Gasteiger partial charge in [-0.15, -0.1) is 10.2 Å². The van der Waals surface area contributed by atoms with Crippen LogP contribution in [0.1, 0.15) is 16.3 Å². The fourth-order valence-electron chi connectivity index (χ4n) is 2.36. The summed E-state index contributed by atoms with van der Waals surface area (Å²) in [4.78, 5) is 16.4. The molecule has 3 heterocycles. The van der Waals surface area contributed by atoms with E-state index in [0.29, 0.717) is 23.0 Å². The van der Waals surface area contributed by atoms with Crippen LogP contribution in [0.4, 0.5) is 5.69 Å². The Labute approximate surface area is 137 Å². The highest BCUT2D eigenvalue weighted by Gasteiger charge is 2.15. The summed E-state index contributed by atoms with van der Waals surface area (Å²) in [5, 5.41) is 10.8. The fraction of sp³-hybridized carbons (Fsp3) is 0.125. The van der Waals surface area contributed by atoms with Crippen molar-refractivity contribution in [1.29, 1.82) is 0 Å². The van der Waals surface area contributed by atoms with Gasteiger partial charge in [-0.2, -0.15) is 0 Å². The Morgan fingerprint density at radius 2 is 2.04 bits per heavy atom. The lowest BCUT2D eigenvalue weighted by Crippen LogP contribution is -2.15. The lowest BCUT2D eigenvalue weighted by Gasteiger charge is -2.06. The van der Waals surface area contributed by atoms with Crippen molar-refractivity contribution in [3.63, 3.8) is 0 Å². The first-order chi connectivity index (χ1) is 11.7. The highest BCUT2D eigenvalue weighted by atomic mass is 16.7. The van der Waals surface area contributed by atoms with Gasteiger partial charge in [-0.05, 0) is 31.2 Å². The Morgan fingerprint density at radius 1 is 1.17 bits per heavy atom. The number of carbonyl (C=O) groups excluding carboxylic acids is 1. The van der Waals surface area contributed by atoms with Gasteiger partial charge in [0.25, 0.3) is 5.91 Å². The Balaban J connectivity index is 1.51. The van der Waals surface area contributed by atoms with E-state index in [4.69, 9.17) is 9.47 Å². The van der Waals surface area contributed by atoms with Crippen LogP contribution in [0.2, 0.25) is 0 Å². The fourth-order valence-corrected chi connectivity index (χ4v) is 2.36. The van der Waals surface area contributed by atoms with Crippen molar-refractivity contribution >= 4 is 11.6 Å². The van der Waals surface area contributed by atoms with Gasteiger partial charge in [-0.25, -0.2) is 4.98 Å². The van der Waals surface area contributed by atoms with Gasteiger partial charge in [0.15, 0.2) is 23.0 Å². The normalized spacial score (nSPS) is 12.2. The minimum absolute atomic E-state index is 0.188. The van der Waals surface area contributed by atoms with E-state index in [2.05, 4.69) is 20.5 Å². The molecule has 0 atom stereocenters. The van der Waals surface area contributed by atoms with Gasteiger partial charge < -0.3 is 14.8 Å². The topological polar surface area (TPSA) is 91.2 Å². The quantitative estimate of drug-likeness (QED) is 0.792. The van der Waals surface area contributed by atoms with Crippen LogP contribution in [0.25, 0.3) is 5.82 Å². The van der Waals surface area contributed by atoms with Crippen LogP contribution >= 0.6 is 0 Å². The maximum absolute atomic E-state index is 12.3. The molecule has 8 heteroatoms. The Bertz CT molecular complexity index is 904. The maximum Gasteiger partial charge on any atom is 0.276 e. The smallest absolute Gasteiger partial charge is 0.276 e. The third kappa shape index (κ3) is 2.54. The summed E-state index contributed by atoms with van der Waals surface area (Å²) >= 11 is 0. The van der Waals surface area contributed by atoms with Crippen molar-refractivity contribution in [2.45, 2.75) is 6.92 Å². The molecule has 4 rings (SSSR count). The average Bonchev–Trinajstić information content (AvgIpc) is 3.23. The van der Waals surface area contributed by atoms with Crippen molar-refractivity contribution in [1.82, 2.24) is 19.7 Å². The number of aryl methyl sites for hydroxylation is 1. The summed E-state index contributed by atoms with van der Waals surface area (Å²) in [7, 11) is 0. The molecular weight excluding hydrogens is 310 g/mol. The molecule has 120 valence electrons. The van der Waals surface area contributed by atoms with Gasteiger partial charge in [0, 0.05) is 24.1 Å². The molecule has 8 nitrogen and oxygen atoms in total. The first-order valence-electron chi connectivity index (χ1n) is 7.26. The van der Waals surface area contributed by atoms with Gasteiger partial charge in [-0.3, -0.25) is 9.36 Å². The zero-order chi connectivity index (χ0) is 16.5. The number of imidazole rings is 1. The number of benzene rings is 1.